The van der Waals surface area contributed by atoms with Crippen molar-refractivity contribution in [3.63, 3.8) is 0 Å². The molecule has 2 nitrogen and oxygen atoms in total. The minimum absolute atomic E-state index is 0.0581. The van der Waals surface area contributed by atoms with Crippen molar-refractivity contribution in [2.24, 2.45) is 11.3 Å². The van der Waals surface area contributed by atoms with Crippen molar-refractivity contribution in [3.8, 4) is 0 Å². The third-order valence-electron chi connectivity index (χ3n) is 4.64. The molecule has 0 N–H and O–H groups in total. The van der Waals surface area contributed by atoms with E-state index in [2.05, 4.69) is 6.58 Å². The Bertz CT molecular complexity index is 324. The molecule has 2 saturated carbocycles. The van der Waals surface area contributed by atoms with Gasteiger partial charge in [-0.3, -0.25) is 4.79 Å². The molecular weight excluding hydrogens is 212 g/mol. The summed E-state index contributed by atoms with van der Waals surface area (Å²) in [5, 5.41) is 0. The second-order valence-electron chi connectivity index (χ2n) is 5.69. The van der Waals surface area contributed by atoms with Crippen LogP contribution in [0, 0.1) is 11.3 Å². The fraction of sp³-hybridized carbons (Fsp3) is 0.733. The van der Waals surface area contributed by atoms with Crippen molar-refractivity contribution in [1.29, 1.82) is 0 Å². The second-order valence-corrected chi connectivity index (χ2v) is 5.69. The minimum Gasteiger partial charge on any atom is -0.303 e. The van der Waals surface area contributed by atoms with E-state index in [4.69, 9.17) is 0 Å². The van der Waals surface area contributed by atoms with Gasteiger partial charge in [-0.05, 0) is 31.1 Å². The van der Waals surface area contributed by atoms with E-state index in [0.29, 0.717) is 18.6 Å². The van der Waals surface area contributed by atoms with Crippen molar-refractivity contribution in [2.45, 2.75) is 57.8 Å². The van der Waals surface area contributed by atoms with Crippen molar-refractivity contribution in [3.05, 3.63) is 12.2 Å². The van der Waals surface area contributed by atoms with Crippen molar-refractivity contribution >= 4 is 12.1 Å². The Hall–Kier alpha value is -0.920. The van der Waals surface area contributed by atoms with Gasteiger partial charge < -0.3 is 4.79 Å². The van der Waals surface area contributed by atoms with E-state index >= 15 is 0 Å². The molecule has 0 radical (unpaired) electrons. The molecule has 1 atom stereocenters. The minimum atomic E-state index is 0.0581. The lowest BCUT2D eigenvalue weighted by Crippen LogP contribution is -2.32. The fourth-order valence-electron chi connectivity index (χ4n) is 3.85. The maximum atomic E-state index is 12.1. The normalized spacial score (nSPS) is 27.3. The molecule has 1 spiro atoms. The zero-order chi connectivity index (χ0) is 12.3. The lowest BCUT2D eigenvalue weighted by atomic mass is 9.65. The molecule has 17 heavy (non-hydrogen) atoms. The van der Waals surface area contributed by atoms with E-state index in [-0.39, 0.29) is 11.3 Å². The standard InChI is InChI=1S/C15H22O2/c1-12(6-5-11-16)14-13(17)7-10-15(14)8-3-2-4-9-15/h11,14H,1-10H2. The molecule has 0 aromatic carbocycles. The van der Waals surface area contributed by atoms with E-state index in [1.807, 2.05) is 0 Å². The molecule has 0 aromatic rings. The Balaban J connectivity index is 2.12. The lowest BCUT2D eigenvalue weighted by Gasteiger charge is -2.39. The van der Waals surface area contributed by atoms with E-state index in [1.165, 1.54) is 32.1 Å². The molecule has 0 aliphatic heterocycles. The summed E-state index contributed by atoms with van der Waals surface area (Å²) in [6.07, 6.45) is 10.1. The average Bonchev–Trinajstić information content (AvgIpc) is 2.64. The maximum Gasteiger partial charge on any atom is 0.140 e. The molecule has 2 rings (SSSR count). The van der Waals surface area contributed by atoms with Gasteiger partial charge in [0.15, 0.2) is 0 Å². The first kappa shape index (κ1) is 12.5. The summed E-state index contributed by atoms with van der Waals surface area (Å²) in [6.45, 7) is 4.09. The van der Waals surface area contributed by atoms with Crippen LogP contribution in [0.4, 0.5) is 0 Å². The first-order valence-corrected chi connectivity index (χ1v) is 6.84. The van der Waals surface area contributed by atoms with Gasteiger partial charge in [0.25, 0.3) is 0 Å². The topological polar surface area (TPSA) is 34.1 Å². The fourth-order valence-corrected chi connectivity index (χ4v) is 3.85. The summed E-state index contributed by atoms with van der Waals surface area (Å²) in [7, 11) is 0. The summed E-state index contributed by atoms with van der Waals surface area (Å²) >= 11 is 0. The van der Waals surface area contributed by atoms with Crippen LogP contribution in [-0.2, 0) is 9.59 Å². The Morgan fingerprint density at radius 2 is 2.00 bits per heavy atom. The SMILES string of the molecule is C=C(CCC=O)C1C(=O)CCC12CCCCC2. The lowest BCUT2D eigenvalue weighted by molar-refractivity contribution is -0.121. The molecule has 0 aromatic heterocycles. The van der Waals surface area contributed by atoms with Gasteiger partial charge in [-0.2, -0.15) is 0 Å². The molecular formula is C15H22O2. The van der Waals surface area contributed by atoms with Crippen LogP contribution >= 0.6 is 0 Å². The van der Waals surface area contributed by atoms with Gasteiger partial charge in [-0.1, -0.05) is 31.4 Å². The first-order valence-electron chi connectivity index (χ1n) is 6.84. The molecule has 2 heteroatoms. The van der Waals surface area contributed by atoms with E-state index in [1.54, 1.807) is 0 Å². The number of Topliss-reactive ketones (excluding diaryl/α,β-unsaturated/α-hetero) is 1. The smallest absolute Gasteiger partial charge is 0.140 e. The highest BCUT2D eigenvalue weighted by Crippen LogP contribution is 2.54. The number of carbonyl (C=O) groups is 2. The number of carbonyl (C=O) groups excluding carboxylic acids is 2. The van der Waals surface area contributed by atoms with Crippen LogP contribution < -0.4 is 0 Å². The quantitative estimate of drug-likeness (QED) is 0.551. The molecule has 1 unspecified atom stereocenters. The van der Waals surface area contributed by atoms with Gasteiger partial charge in [0, 0.05) is 18.8 Å². The third kappa shape index (κ3) is 2.36. The summed E-state index contributed by atoms with van der Waals surface area (Å²) in [4.78, 5) is 22.6. The number of rotatable bonds is 4. The van der Waals surface area contributed by atoms with Crippen molar-refractivity contribution < 1.29 is 9.59 Å². The van der Waals surface area contributed by atoms with Gasteiger partial charge in [-0.25, -0.2) is 0 Å². The Labute approximate surface area is 103 Å². The zero-order valence-electron chi connectivity index (χ0n) is 10.5. The monoisotopic (exact) mass is 234 g/mol. The van der Waals surface area contributed by atoms with Crippen LogP contribution in [0.15, 0.2) is 12.2 Å². The predicted octanol–water partition coefficient (Wildman–Crippen LogP) is 3.45. The molecule has 94 valence electrons. The molecule has 0 saturated heterocycles. The molecule has 0 heterocycles. The third-order valence-corrected chi connectivity index (χ3v) is 4.64. The predicted molar refractivity (Wildman–Crippen MR) is 67.7 cm³/mol. The summed E-state index contributed by atoms with van der Waals surface area (Å²) < 4.78 is 0. The number of aldehydes is 1. The van der Waals surface area contributed by atoms with Crippen LogP contribution in [0.25, 0.3) is 0 Å². The average molecular weight is 234 g/mol. The van der Waals surface area contributed by atoms with E-state index < -0.39 is 0 Å². The second kappa shape index (κ2) is 5.16. The molecule has 2 aliphatic carbocycles. The highest BCUT2D eigenvalue weighted by Gasteiger charge is 2.48. The van der Waals surface area contributed by atoms with Crippen LogP contribution in [0.5, 0.6) is 0 Å². The van der Waals surface area contributed by atoms with Crippen molar-refractivity contribution in [1.82, 2.24) is 0 Å². The Morgan fingerprint density at radius 1 is 1.29 bits per heavy atom. The Morgan fingerprint density at radius 3 is 2.65 bits per heavy atom. The number of allylic oxidation sites excluding steroid dienone is 1. The summed E-state index contributed by atoms with van der Waals surface area (Å²) in [6, 6.07) is 0. The highest BCUT2D eigenvalue weighted by atomic mass is 16.1. The van der Waals surface area contributed by atoms with Gasteiger partial charge in [-0.15, -0.1) is 0 Å². The van der Waals surface area contributed by atoms with Crippen molar-refractivity contribution in [2.75, 3.05) is 0 Å². The first-order chi connectivity index (χ1) is 8.19. The van der Waals surface area contributed by atoms with E-state index in [9.17, 15) is 9.59 Å². The molecule has 2 fully saturated rings. The molecule has 2 aliphatic rings. The van der Waals surface area contributed by atoms with Gasteiger partial charge in [0.2, 0.25) is 0 Å². The number of hydrogen-bond acceptors (Lipinski definition) is 2. The number of hydrogen-bond donors (Lipinski definition) is 0. The van der Waals surface area contributed by atoms with Crippen LogP contribution in [-0.4, -0.2) is 12.1 Å². The van der Waals surface area contributed by atoms with Gasteiger partial charge in [0.1, 0.15) is 12.1 Å². The largest absolute Gasteiger partial charge is 0.303 e. The zero-order valence-corrected chi connectivity index (χ0v) is 10.5. The number of ketones is 1. The van der Waals surface area contributed by atoms with Crippen LogP contribution in [0.1, 0.15) is 57.8 Å². The highest BCUT2D eigenvalue weighted by molar-refractivity contribution is 5.87. The summed E-state index contributed by atoms with van der Waals surface area (Å²) in [5.41, 5.74) is 1.23. The maximum absolute atomic E-state index is 12.1. The van der Waals surface area contributed by atoms with Crippen LogP contribution in [0.3, 0.4) is 0 Å². The Kier molecular flexibility index (Phi) is 3.80. The summed E-state index contributed by atoms with van der Waals surface area (Å²) in [5.74, 6) is 0.436. The van der Waals surface area contributed by atoms with E-state index in [0.717, 1.165) is 24.7 Å². The molecule has 0 bridgehead atoms. The van der Waals surface area contributed by atoms with Crippen LogP contribution in [0.2, 0.25) is 0 Å². The molecule has 0 amide bonds. The van der Waals surface area contributed by atoms with Gasteiger partial charge in [0.05, 0.1) is 0 Å². The van der Waals surface area contributed by atoms with Gasteiger partial charge >= 0.3 is 0 Å².